The summed E-state index contributed by atoms with van der Waals surface area (Å²) in [6.45, 7) is 2.11. The lowest BCUT2D eigenvalue weighted by molar-refractivity contribution is 0.102. The minimum Gasteiger partial charge on any atom is -0.298 e. The van der Waals surface area contributed by atoms with Gasteiger partial charge < -0.3 is 0 Å². The minimum absolute atomic E-state index is 0.235. The number of anilines is 1. The van der Waals surface area contributed by atoms with Gasteiger partial charge in [-0.2, -0.15) is 5.10 Å². The predicted octanol–water partition coefficient (Wildman–Crippen LogP) is 4.63. The van der Waals surface area contributed by atoms with Crippen molar-refractivity contribution in [3.63, 3.8) is 0 Å². The summed E-state index contributed by atoms with van der Waals surface area (Å²) >= 11 is 13.5. The third kappa shape index (κ3) is 4.00. The van der Waals surface area contributed by atoms with E-state index in [4.69, 9.17) is 23.2 Å². The van der Waals surface area contributed by atoms with Crippen LogP contribution in [-0.2, 0) is 6.42 Å². The molecule has 9 heteroatoms. The minimum atomic E-state index is -0.392. The SMILES string of the molecule is CCCCc1nc(NC(=O)c2c(Cl)cccc2Cl)sc1-n1cncn1. The Morgan fingerprint density at radius 3 is 2.72 bits per heavy atom. The van der Waals surface area contributed by atoms with Crippen molar-refractivity contribution in [2.75, 3.05) is 5.32 Å². The number of rotatable bonds is 6. The van der Waals surface area contributed by atoms with E-state index in [9.17, 15) is 4.79 Å². The fraction of sp³-hybridized carbons (Fsp3) is 0.250. The van der Waals surface area contributed by atoms with Gasteiger partial charge in [-0.3, -0.25) is 10.1 Å². The lowest BCUT2D eigenvalue weighted by Gasteiger charge is -2.05. The number of halogens is 2. The average molecular weight is 396 g/mol. The number of benzene rings is 1. The van der Waals surface area contributed by atoms with E-state index in [0.717, 1.165) is 30.0 Å². The molecule has 0 fully saturated rings. The molecule has 0 atom stereocenters. The molecule has 0 aliphatic rings. The lowest BCUT2D eigenvalue weighted by Crippen LogP contribution is -2.13. The molecule has 0 aliphatic carbocycles. The van der Waals surface area contributed by atoms with Gasteiger partial charge in [0, 0.05) is 0 Å². The number of hydrogen-bond donors (Lipinski definition) is 1. The fourth-order valence-corrected chi connectivity index (χ4v) is 3.78. The van der Waals surface area contributed by atoms with E-state index in [-0.39, 0.29) is 5.56 Å². The summed E-state index contributed by atoms with van der Waals surface area (Å²) in [5, 5.41) is 8.83. The summed E-state index contributed by atoms with van der Waals surface area (Å²) in [6.07, 6.45) is 5.91. The Morgan fingerprint density at radius 1 is 1.32 bits per heavy atom. The highest BCUT2D eigenvalue weighted by molar-refractivity contribution is 7.18. The van der Waals surface area contributed by atoms with Crippen molar-refractivity contribution in [3.05, 3.63) is 52.2 Å². The van der Waals surface area contributed by atoms with Gasteiger partial charge in [0.05, 0.1) is 21.3 Å². The van der Waals surface area contributed by atoms with E-state index in [1.807, 2.05) is 0 Å². The molecule has 0 bridgehead atoms. The Balaban J connectivity index is 1.89. The molecule has 0 unspecified atom stereocenters. The Hall–Kier alpha value is -1.96. The van der Waals surface area contributed by atoms with Crippen LogP contribution in [0.4, 0.5) is 5.13 Å². The summed E-state index contributed by atoms with van der Waals surface area (Å²) in [5.74, 6) is -0.392. The van der Waals surface area contributed by atoms with Gasteiger partial charge in [0.25, 0.3) is 5.91 Å². The fourth-order valence-electron chi connectivity index (χ4n) is 2.27. The first-order chi connectivity index (χ1) is 12.1. The van der Waals surface area contributed by atoms with Crippen molar-refractivity contribution in [2.45, 2.75) is 26.2 Å². The summed E-state index contributed by atoms with van der Waals surface area (Å²) in [6, 6.07) is 4.94. The molecule has 0 saturated carbocycles. The van der Waals surface area contributed by atoms with Crippen LogP contribution in [0.2, 0.25) is 10.0 Å². The zero-order chi connectivity index (χ0) is 17.8. The Kier molecular flexibility index (Phi) is 5.67. The molecular weight excluding hydrogens is 381 g/mol. The van der Waals surface area contributed by atoms with E-state index < -0.39 is 5.91 Å². The summed E-state index contributed by atoms with van der Waals surface area (Å²) in [5.41, 5.74) is 1.11. The van der Waals surface area contributed by atoms with Gasteiger partial charge in [0.2, 0.25) is 0 Å². The number of amides is 1. The topological polar surface area (TPSA) is 72.7 Å². The van der Waals surface area contributed by atoms with Crippen LogP contribution in [0.15, 0.2) is 30.9 Å². The molecule has 0 radical (unpaired) electrons. The molecular formula is C16H15Cl2N5OS. The number of nitrogens with one attached hydrogen (secondary N) is 1. The van der Waals surface area contributed by atoms with E-state index in [1.165, 1.54) is 17.7 Å². The number of hydrogen-bond acceptors (Lipinski definition) is 5. The van der Waals surface area contributed by atoms with Crippen molar-refractivity contribution in [1.29, 1.82) is 0 Å². The number of thiazole rings is 1. The predicted molar refractivity (Wildman–Crippen MR) is 100 cm³/mol. The molecule has 0 spiro atoms. The van der Waals surface area contributed by atoms with Crippen molar-refractivity contribution in [1.82, 2.24) is 19.7 Å². The van der Waals surface area contributed by atoms with Gasteiger partial charge >= 0.3 is 0 Å². The standard InChI is InChI=1S/C16H15Cl2N5OS/c1-2-3-7-12-15(23-9-19-8-20-23)25-16(21-12)22-14(24)13-10(17)5-4-6-11(13)18/h4-6,8-9H,2-3,7H2,1H3,(H,21,22,24). The highest BCUT2D eigenvalue weighted by Crippen LogP contribution is 2.30. The highest BCUT2D eigenvalue weighted by atomic mass is 35.5. The van der Waals surface area contributed by atoms with Crippen molar-refractivity contribution < 1.29 is 4.79 Å². The van der Waals surface area contributed by atoms with E-state index in [2.05, 4.69) is 27.3 Å². The molecule has 3 aromatic rings. The number of carbonyl (C=O) groups excluding carboxylic acids is 1. The van der Waals surface area contributed by atoms with Gasteiger partial charge in [-0.05, 0) is 25.0 Å². The normalized spacial score (nSPS) is 10.8. The summed E-state index contributed by atoms with van der Waals surface area (Å²) in [4.78, 5) is 21.0. The number of unbranched alkanes of at least 4 members (excludes halogenated alkanes) is 1. The molecule has 0 aliphatic heterocycles. The molecule has 3 rings (SSSR count). The third-order valence-electron chi connectivity index (χ3n) is 3.48. The van der Waals surface area contributed by atoms with Gasteiger partial charge in [-0.1, -0.05) is 53.9 Å². The van der Waals surface area contributed by atoms with Gasteiger partial charge in [-0.15, -0.1) is 0 Å². The van der Waals surface area contributed by atoms with Crippen molar-refractivity contribution in [3.8, 4) is 5.00 Å². The number of nitrogens with zero attached hydrogens (tertiary/aromatic N) is 4. The monoisotopic (exact) mass is 395 g/mol. The van der Waals surface area contributed by atoms with Crippen LogP contribution in [0.5, 0.6) is 0 Å². The second-order valence-electron chi connectivity index (χ2n) is 5.27. The zero-order valence-electron chi connectivity index (χ0n) is 13.4. The number of carbonyl (C=O) groups is 1. The van der Waals surface area contributed by atoms with Crippen LogP contribution in [0, 0.1) is 0 Å². The maximum atomic E-state index is 12.5. The molecule has 2 aromatic heterocycles. The van der Waals surface area contributed by atoms with Crippen LogP contribution in [-0.4, -0.2) is 25.7 Å². The van der Waals surface area contributed by atoms with E-state index in [1.54, 1.807) is 29.2 Å². The maximum Gasteiger partial charge on any atom is 0.260 e. The number of aryl methyl sites for hydroxylation is 1. The Morgan fingerprint density at radius 2 is 2.08 bits per heavy atom. The highest BCUT2D eigenvalue weighted by Gasteiger charge is 2.19. The second kappa shape index (κ2) is 7.95. The van der Waals surface area contributed by atoms with Crippen LogP contribution in [0.25, 0.3) is 5.00 Å². The zero-order valence-corrected chi connectivity index (χ0v) is 15.7. The number of aromatic nitrogens is 4. The smallest absolute Gasteiger partial charge is 0.260 e. The van der Waals surface area contributed by atoms with Crippen LogP contribution in [0.3, 0.4) is 0 Å². The molecule has 0 saturated heterocycles. The average Bonchev–Trinajstić information content (AvgIpc) is 3.22. The van der Waals surface area contributed by atoms with E-state index >= 15 is 0 Å². The van der Waals surface area contributed by atoms with Crippen LogP contribution < -0.4 is 5.32 Å². The Bertz CT molecular complexity index is 859. The molecule has 130 valence electrons. The quantitative estimate of drug-likeness (QED) is 0.660. The van der Waals surface area contributed by atoms with Gasteiger partial charge in [0.1, 0.15) is 17.7 Å². The molecule has 1 N–H and O–H groups in total. The lowest BCUT2D eigenvalue weighted by atomic mass is 10.2. The molecule has 25 heavy (non-hydrogen) atoms. The first kappa shape index (κ1) is 17.8. The second-order valence-corrected chi connectivity index (χ2v) is 7.06. The van der Waals surface area contributed by atoms with Crippen molar-refractivity contribution in [2.24, 2.45) is 0 Å². The molecule has 1 amide bonds. The Labute approximate surface area is 158 Å². The molecule has 2 heterocycles. The largest absolute Gasteiger partial charge is 0.298 e. The third-order valence-corrected chi connectivity index (χ3v) is 5.11. The maximum absolute atomic E-state index is 12.5. The summed E-state index contributed by atoms with van der Waals surface area (Å²) < 4.78 is 1.65. The molecule has 1 aromatic carbocycles. The van der Waals surface area contributed by atoms with Gasteiger partial charge in [0.15, 0.2) is 5.13 Å². The first-order valence-corrected chi connectivity index (χ1v) is 9.27. The van der Waals surface area contributed by atoms with Crippen LogP contribution >= 0.6 is 34.5 Å². The van der Waals surface area contributed by atoms with Crippen LogP contribution in [0.1, 0.15) is 35.8 Å². The van der Waals surface area contributed by atoms with Gasteiger partial charge in [-0.25, -0.2) is 14.6 Å². The van der Waals surface area contributed by atoms with E-state index in [0.29, 0.717) is 15.2 Å². The summed E-state index contributed by atoms with van der Waals surface area (Å²) in [7, 11) is 0. The first-order valence-electron chi connectivity index (χ1n) is 7.70. The van der Waals surface area contributed by atoms with Crippen molar-refractivity contribution >= 4 is 45.6 Å². The molecule has 6 nitrogen and oxygen atoms in total.